The Kier molecular flexibility index (Phi) is 3.30. The van der Waals surface area contributed by atoms with Crippen LogP contribution in [-0.2, 0) is 12.8 Å². The zero-order valence-electron chi connectivity index (χ0n) is 12.3. The predicted octanol–water partition coefficient (Wildman–Crippen LogP) is 4.36. The maximum atomic E-state index is 13.0. The molecule has 0 radical (unpaired) electrons. The summed E-state index contributed by atoms with van der Waals surface area (Å²) in [5.41, 5.74) is 1.44. The third-order valence-corrected chi connectivity index (χ3v) is 6.36. The van der Waals surface area contributed by atoms with Crippen LogP contribution in [0.4, 0.5) is 0 Å². The predicted molar refractivity (Wildman–Crippen MR) is 90.0 cm³/mol. The fourth-order valence-corrected chi connectivity index (χ4v) is 5.30. The van der Waals surface area contributed by atoms with E-state index in [1.54, 1.807) is 11.3 Å². The van der Waals surface area contributed by atoms with Crippen LogP contribution in [-0.4, -0.2) is 9.55 Å². The molecule has 1 N–H and O–H groups in total. The molecule has 0 spiro atoms. The summed E-state index contributed by atoms with van der Waals surface area (Å²) in [4.78, 5) is 18.7. The number of nitrogens with one attached hydrogen (secondary N) is 1. The number of thiophene rings is 1. The first-order valence-corrected chi connectivity index (χ1v) is 9.16. The van der Waals surface area contributed by atoms with E-state index in [0.29, 0.717) is 4.77 Å². The number of aromatic amines is 1. The molecule has 2 aromatic rings. The summed E-state index contributed by atoms with van der Waals surface area (Å²) >= 11 is 7.21. The minimum atomic E-state index is 0.140. The Hall–Kier alpha value is -0.940. The molecule has 1 unspecified atom stereocenters. The lowest BCUT2D eigenvalue weighted by molar-refractivity contribution is 0.457. The van der Waals surface area contributed by atoms with Crippen molar-refractivity contribution in [1.29, 1.82) is 0 Å². The molecule has 1 fully saturated rings. The van der Waals surface area contributed by atoms with Crippen molar-refractivity contribution in [1.82, 2.24) is 9.55 Å². The molecule has 0 aliphatic heterocycles. The summed E-state index contributed by atoms with van der Waals surface area (Å²) in [5, 5.41) is 0.922. The monoisotopic (exact) mass is 320 g/mol. The summed E-state index contributed by atoms with van der Waals surface area (Å²) in [5.74, 6) is 0.799. The average Bonchev–Trinajstić information content (AvgIpc) is 3.17. The van der Waals surface area contributed by atoms with Gasteiger partial charge in [0.25, 0.3) is 5.56 Å². The number of aryl methyl sites for hydroxylation is 2. The number of fused-ring (bicyclic) bond motifs is 3. The van der Waals surface area contributed by atoms with E-state index in [2.05, 4.69) is 11.9 Å². The van der Waals surface area contributed by atoms with Gasteiger partial charge < -0.3 is 4.98 Å². The number of aromatic nitrogens is 2. The van der Waals surface area contributed by atoms with E-state index in [9.17, 15) is 4.79 Å². The average molecular weight is 320 g/mol. The first-order valence-electron chi connectivity index (χ1n) is 7.94. The Morgan fingerprint density at radius 3 is 2.90 bits per heavy atom. The van der Waals surface area contributed by atoms with Crippen molar-refractivity contribution < 1.29 is 0 Å². The van der Waals surface area contributed by atoms with E-state index in [1.807, 2.05) is 4.57 Å². The third kappa shape index (κ3) is 2.30. The zero-order chi connectivity index (χ0) is 14.6. The van der Waals surface area contributed by atoms with Crippen molar-refractivity contribution in [3.8, 4) is 0 Å². The SMILES string of the molecule is CC(CC1CC1)n1c(=S)[nH]c2sc3c(c2c1=O)CCCC3. The maximum Gasteiger partial charge on any atom is 0.263 e. The normalized spacial score (nSPS) is 19.7. The summed E-state index contributed by atoms with van der Waals surface area (Å²) in [6.07, 6.45) is 8.31. The highest BCUT2D eigenvalue weighted by molar-refractivity contribution is 7.71. The molecule has 1 saturated carbocycles. The van der Waals surface area contributed by atoms with Crippen LogP contribution in [0.15, 0.2) is 4.79 Å². The maximum absolute atomic E-state index is 13.0. The minimum Gasteiger partial charge on any atom is -0.323 e. The zero-order valence-corrected chi connectivity index (χ0v) is 13.9. The first kappa shape index (κ1) is 13.7. The Bertz CT molecular complexity index is 810. The van der Waals surface area contributed by atoms with Gasteiger partial charge in [-0.3, -0.25) is 9.36 Å². The molecular weight excluding hydrogens is 300 g/mol. The van der Waals surface area contributed by atoms with Gasteiger partial charge in [-0.15, -0.1) is 11.3 Å². The highest BCUT2D eigenvalue weighted by Crippen LogP contribution is 2.37. The van der Waals surface area contributed by atoms with E-state index in [4.69, 9.17) is 12.2 Å². The van der Waals surface area contributed by atoms with E-state index < -0.39 is 0 Å². The molecule has 2 aliphatic carbocycles. The lowest BCUT2D eigenvalue weighted by atomic mass is 9.97. The van der Waals surface area contributed by atoms with Crippen LogP contribution in [0.3, 0.4) is 0 Å². The molecular formula is C16H20N2OS2. The van der Waals surface area contributed by atoms with Crippen molar-refractivity contribution in [2.24, 2.45) is 5.92 Å². The van der Waals surface area contributed by atoms with E-state index in [-0.39, 0.29) is 11.6 Å². The molecule has 0 aromatic carbocycles. The van der Waals surface area contributed by atoms with Gasteiger partial charge in [-0.2, -0.15) is 0 Å². The molecule has 2 heterocycles. The van der Waals surface area contributed by atoms with Gasteiger partial charge in [-0.1, -0.05) is 12.8 Å². The molecule has 0 bridgehead atoms. The minimum absolute atomic E-state index is 0.140. The standard InChI is InChI=1S/C16H20N2OS2/c1-9(8-10-6-7-10)18-15(19)13-11-4-2-3-5-12(11)21-14(13)17-16(18)20/h9-10H,2-8H2,1H3,(H,17,20). The highest BCUT2D eigenvalue weighted by atomic mass is 32.1. The molecule has 2 aliphatic rings. The van der Waals surface area contributed by atoms with Crippen molar-refractivity contribution in [2.75, 3.05) is 0 Å². The molecule has 1 atom stereocenters. The largest absolute Gasteiger partial charge is 0.323 e. The summed E-state index contributed by atoms with van der Waals surface area (Å²) in [6, 6.07) is 0.206. The van der Waals surface area contributed by atoms with Crippen LogP contribution in [0, 0.1) is 10.7 Å². The Morgan fingerprint density at radius 1 is 1.38 bits per heavy atom. The second-order valence-electron chi connectivity index (χ2n) is 6.55. The van der Waals surface area contributed by atoms with Gasteiger partial charge in [0.2, 0.25) is 0 Å². The quantitative estimate of drug-likeness (QED) is 0.853. The van der Waals surface area contributed by atoms with Crippen LogP contribution < -0.4 is 5.56 Å². The van der Waals surface area contributed by atoms with Crippen LogP contribution in [0.25, 0.3) is 10.2 Å². The van der Waals surface area contributed by atoms with Crippen molar-refractivity contribution in [2.45, 2.75) is 57.9 Å². The van der Waals surface area contributed by atoms with Crippen LogP contribution in [0.1, 0.15) is 55.5 Å². The topological polar surface area (TPSA) is 37.8 Å². The number of nitrogens with zero attached hydrogens (tertiary/aromatic N) is 1. The van der Waals surface area contributed by atoms with Crippen molar-refractivity contribution in [3.05, 3.63) is 25.6 Å². The summed E-state index contributed by atoms with van der Waals surface area (Å²) in [6.45, 7) is 2.13. The number of hydrogen-bond donors (Lipinski definition) is 1. The van der Waals surface area contributed by atoms with E-state index in [0.717, 1.165) is 35.4 Å². The fraction of sp³-hybridized carbons (Fsp3) is 0.625. The molecule has 0 saturated heterocycles. The summed E-state index contributed by atoms with van der Waals surface area (Å²) in [7, 11) is 0. The second-order valence-corrected chi connectivity index (χ2v) is 8.04. The van der Waals surface area contributed by atoms with Gasteiger partial charge in [0, 0.05) is 10.9 Å². The molecule has 4 rings (SSSR count). The van der Waals surface area contributed by atoms with Gasteiger partial charge in [0.15, 0.2) is 4.77 Å². The van der Waals surface area contributed by atoms with Gasteiger partial charge in [-0.25, -0.2) is 0 Å². The molecule has 112 valence electrons. The van der Waals surface area contributed by atoms with Crippen molar-refractivity contribution in [3.63, 3.8) is 0 Å². The van der Waals surface area contributed by atoms with E-state index in [1.165, 1.54) is 36.1 Å². The molecule has 3 nitrogen and oxygen atoms in total. The molecule has 2 aromatic heterocycles. The summed E-state index contributed by atoms with van der Waals surface area (Å²) < 4.78 is 2.43. The van der Waals surface area contributed by atoms with Crippen molar-refractivity contribution >= 4 is 33.8 Å². The second kappa shape index (κ2) is 5.06. The molecule has 21 heavy (non-hydrogen) atoms. The first-order chi connectivity index (χ1) is 10.1. The van der Waals surface area contributed by atoms with Gasteiger partial charge in [-0.05, 0) is 62.7 Å². The van der Waals surface area contributed by atoms with E-state index >= 15 is 0 Å². The Balaban J connectivity index is 1.90. The van der Waals surface area contributed by atoms with Gasteiger partial charge >= 0.3 is 0 Å². The van der Waals surface area contributed by atoms with Gasteiger partial charge in [0.1, 0.15) is 4.83 Å². The smallest absolute Gasteiger partial charge is 0.263 e. The Labute approximate surface area is 133 Å². The lowest BCUT2D eigenvalue weighted by Crippen LogP contribution is -2.26. The molecule has 0 amide bonds. The van der Waals surface area contributed by atoms with Crippen LogP contribution >= 0.6 is 23.6 Å². The van der Waals surface area contributed by atoms with Crippen LogP contribution in [0.5, 0.6) is 0 Å². The number of hydrogen-bond acceptors (Lipinski definition) is 3. The number of H-pyrrole nitrogens is 1. The lowest BCUT2D eigenvalue weighted by Gasteiger charge is -2.15. The Morgan fingerprint density at radius 2 is 2.14 bits per heavy atom. The number of rotatable bonds is 3. The fourth-order valence-electron chi connectivity index (χ4n) is 3.59. The highest BCUT2D eigenvalue weighted by Gasteiger charge is 2.26. The van der Waals surface area contributed by atoms with Crippen LogP contribution in [0.2, 0.25) is 0 Å². The third-order valence-electron chi connectivity index (χ3n) is 4.86. The van der Waals surface area contributed by atoms with Gasteiger partial charge in [0.05, 0.1) is 5.39 Å². The molecule has 5 heteroatoms.